The van der Waals surface area contributed by atoms with Crippen molar-refractivity contribution >= 4 is 13.4 Å². The molecule has 3 aliphatic heterocycles. The van der Waals surface area contributed by atoms with Crippen molar-refractivity contribution in [2.45, 2.75) is 106 Å². The summed E-state index contributed by atoms with van der Waals surface area (Å²) in [5, 5.41) is 0. The molecule has 2 radical (unpaired) electrons. The molecule has 6 rings (SSSR count). The van der Waals surface area contributed by atoms with Gasteiger partial charge in [-0.2, -0.15) is 0 Å². The summed E-state index contributed by atoms with van der Waals surface area (Å²) in [5.74, 6) is 1.35. The van der Waals surface area contributed by atoms with Gasteiger partial charge in [-0.1, -0.05) is 127 Å². The van der Waals surface area contributed by atoms with Crippen LogP contribution in [0.1, 0.15) is 81.1 Å². The number of hydrogen-bond donors (Lipinski definition) is 0. The Morgan fingerprint density at radius 1 is 0.595 bits per heavy atom. The summed E-state index contributed by atoms with van der Waals surface area (Å²) in [5.41, 5.74) is 9.17. The molecule has 3 heterocycles. The van der Waals surface area contributed by atoms with Gasteiger partial charge in [-0.3, -0.25) is 0 Å². The second-order valence-electron chi connectivity index (χ2n) is 15.5. The average Bonchev–Trinajstić information content (AvgIpc) is 3.55. The first-order valence-corrected chi connectivity index (χ1v) is 15.1. The van der Waals surface area contributed by atoms with Crippen LogP contribution in [0.15, 0.2) is 46.4 Å². The minimum atomic E-state index is 0. The van der Waals surface area contributed by atoms with Crippen LogP contribution in [0.25, 0.3) is 0 Å². The van der Waals surface area contributed by atoms with Gasteiger partial charge in [0.05, 0.1) is 13.2 Å². The second kappa shape index (κ2) is 10.5. The van der Waals surface area contributed by atoms with Crippen molar-refractivity contribution in [1.82, 2.24) is 0 Å². The average molecular weight is 544 g/mol. The van der Waals surface area contributed by atoms with Crippen molar-refractivity contribution in [1.29, 1.82) is 0 Å². The minimum Gasteiger partial charge on any atom is -0.380 e. The first kappa shape index (κ1) is 29.5. The zero-order valence-electron chi connectivity index (χ0n) is 25.0. The van der Waals surface area contributed by atoms with Gasteiger partial charge in [-0.15, -0.1) is 0 Å². The zero-order valence-corrected chi connectivity index (χ0v) is 26.0. The minimum absolute atomic E-state index is 0. The fourth-order valence-corrected chi connectivity index (χ4v) is 8.73. The summed E-state index contributed by atoms with van der Waals surface area (Å²) in [6.07, 6.45) is 21.0. The predicted octanol–water partition coefficient (Wildman–Crippen LogP) is 8.94. The van der Waals surface area contributed by atoms with Gasteiger partial charge in [0.1, 0.15) is 0 Å². The Hall–Kier alpha value is -0.444. The third-order valence-corrected chi connectivity index (χ3v) is 12.2. The van der Waals surface area contributed by atoms with E-state index in [-0.39, 0.29) is 16.8 Å². The molecule has 0 aromatic heterocycles. The van der Waals surface area contributed by atoms with Crippen molar-refractivity contribution in [3.05, 3.63) is 52.8 Å². The van der Waals surface area contributed by atoms with Gasteiger partial charge in [-0.25, -0.2) is 0 Å². The van der Waals surface area contributed by atoms with Gasteiger partial charge in [0, 0.05) is 35.0 Å². The van der Waals surface area contributed by atoms with E-state index in [1.807, 2.05) is 52.8 Å². The fourth-order valence-electron chi connectivity index (χ4n) is 8.73. The maximum Gasteiger partial charge on any atom is 0.172 e. The van der Waals surface area contributed by atoms with Crippen molar-refractivity contribution in [2.75, 3.05) is 13.2 Å². The summed E-state index contributed by atoms with van der Waals surface area (Å²) in [6, 6.07) is 0. The number of allylic oxidation sites excluding steroid dienone is 6. The van der Waals surface area contributed by atoms with Gasteiger partial charge in [0.25, 0.3) is 0 Å². The van der Waals surface area contributed by atoms with Gasteiger partial charge < -0.3 is 4.74 Å². The number of fused-ring (bicyclic) bond motifs is 2. The second-order valence-corrected chi connectivity index (χ2v) is 15.5. The summed E-state index contributed by atoms with van der Waals surface area (Å²) in [4.78, 5) is 0. The van der Waals surface area contributed by atoms with Crippen molar-refractivity contribution in [2.24, 2.45) is 33.5 Å². The van der Waals surface area contributed by atoms with Crippen molar-refractivity contribution in [3.8, 4) is 0 Å². The van der Waals surface area contributed by atoms with Crippen molar-refractivity contribution < 1.29 is 21.5 Å². The van der Waals surface area contributed by atoms with E-state index in [2.05, 4.69) is 55.4 Å². The Bertz CT molecular complexity index is 886. The Kier molecular flexibility index (Phi) is 8.39. The predicted molar refractivity (Wildman–Crippen MR) is 159 cm³/mol. The SMILES string of the molecule is CC1(C)CB(C2=C3CCCCC3=C(B3CC(C)(C)C(C)(C)C3)[C@@H]3COC[C@H]23)CC1(C)C.[CH]1C=CC=C1.[Co]. The molecule has 1 saturated carbocycles. The van der Waals surface area contributed by atoms with E-state index in [9.17, 15) is 0 Å². The molecule has 0 unspecified atom stereocenters. The van der Waals surface area contributed by atoms with E-state index in [4.69, 9.17) is 4.74 Å². The molecule has 37 heavy (non-hydrogen) atoms. The molecule has 0 aromatic carbocycles. The third-order valence-electron chi connectivity index (χ3n) is 12.2. The summed E-state index contributed by atoms with van der Waals surface area (Å²) in [6.45, 7) is 23.7. The number of hydrogen-bond acceptors (Lipinski definition) is 1. The van der Waals surface area contributed by atoms with E-state index < -0.39 is 0 Å². The standard InChI is InChI=1S/C28H46B2O.C5H5.Co/c1-25(2)15-29(16-26(25,3)4)23-19-11-9-10-12-20(19)24(22-14-31-13-21(22)23)30-17-27(5,6)28(7,8)18-30;1-2-4-5-3-1;/h21-22H,9-18H2,1-8H3;1-5H;/t21-,22+;;. The Labute approximate surface area is 240 Å². The summed E-state index contributed by atoms with van der Waals surface area (Å²) in [7, 11) is 0. The first-order valence-electron chi connectivity index (χ1n) is 15.1. The molecule has 6 aliphatic rings. The van der Waals surface area contributed by atoms with Gasteiger partial charge in [0.2, 0.25) is 0 Å². The monoisotopic (exact) mass is 544 g/mol. The molecule has 3 saturated heterocycles. The smallest absolute Gasteiger partial charge is 0.172 e. The third kappa shape index (κ3) is 5.22. The van der Waals surface area contributed by atoms with Gasteiger partial charge in [0.15, 0.2) is 13.4 Å². The van der Waals surface area contributed by atoms with Crippen LogP contribution in [0.3, 0.4) is 0 Å². The maximum atomic E-state index is 6.32. The van der Waals surface area contributed by atoms with Crippen LogP contribution < -0.4 is 0 Å². The fraction of sp³-hybridized carbons (Fsp3) is 0.727. The number of ether oxygens (including phenoxy) is 1. The van der Waals surface area contributed by atoms with Crippen LogP contribution >= 0.6 is 0 Å². The molecule has 0 aromatic rings. The van der Waals surface area contributed by atoms with E-state index >= 15 is 0 Å². The molecular formula is C33H51B2CoO. The van der Waals surface area contributed by atoms with Crippen LogP contribution in [0, 0.1) is 39.9 Å². The zero-order chi connectivity index (χ0) is 25.9. The Morgan fingerprint density at radius 2 is 0.946 bits per heavy atom. The summed E-state index contributed by atoms with van der Waals surface area (Å²) >= 11 is 0. The molecule has 4 heteroatoms. The Morgan fingerprint density at radius 3 is 1.24 bits per heavy atom. The summed E-state index contributed by atoms with van der Waals surface area (Å²) < 4.78 is 6.32. The molecule has 0 amide bonds. The van der Waals surface area contributed by atoms with Gasteiger partial charge in [-0.05, 0) is 47.3 Å². The molecule has 2 atom stereocenters. The van der Waals surface area contributed by atoms with E-state index in [1.165, 1.54) is 51.0 Å². The van der Waals surface area contributed by atoms with E-state index in [0.717, 1.165) is 26.6 Å². The Balaban J connectivity index is 0.000000479. The quantitative estimate of drug-likeness (QED) is 0.316. The van der Waals surface area contributed by atoms with E-state index in [0.29, 0.717) is 33.5 Å². The molecular weight excluding hydrogens is 493 g/mol. The molecule has 4 fully saturated rings. The van der Waals surface area contributed by atoms with E-state index in [1.54, 1.807) is 0 Å². The van der Waals surface area contributed by atoms with Crippen LogP contribution in [0.5, 0.6) is 0 Å². The maximum absolute atomic E-state index is 6.32. The topological polar surface area (TPSA) is 9.23 Å². The largest absolute Gasteiger partial charge is 0.380 e. The first-order chi connectivity index (χ1) is 16.8. The molecule has 3 aliphatic carbocycles. The molecule has 204 valence electrons. The van der Waals surface area contributed by atoms with Crippen LogP contribution in [-0.2, 0) is 21.5 Å². The van der Waals surface area contributed by atoms with Crippen LogP contribution in [0.2, 0.25) is 25.3 Å². The van der Waals surface area contributed by atoms with Gasteiger partial charge >= 0.3 is 0 Å². The van der Waals surface area contributed by atoms with Crippen LogP contribution in [0.4, 0.5) is 0 Å². The molecule has 0 spiro atoms. The molecule has 0 bridgehead atoms. The van der Waals surface area contributed by atoms with Crippen molar-refractivity contribution in [3.63, 3.8) is 0 Å². The van der Waals surface area contributed by atoms with Crippen LogP contribution in [-0.4, -0.2) is 26.6 Å². The molecule has 1 nitrogen and oxygen atoms in total. The molecule has 0 N–H and O–H groups in total. The number of rotatable bonds is 2. The normalized spacial score (nSPS) is 32.2.